The van der Waals surface area contributed by atoms with Crippen LogP contribution in [0.15, 0.2) is 24.3 Å². The molecule has 0 saturated carbocycles. The summed E-state index contributed by atoms with van der Waals surface area (Å²) in [5.74, 6) is -1.03. The monoisotopic (exact) mass is 205 g/mol. The number of aliphatic carboxylic acids is 1. The highest BCUT2D eigenvalue weighted by Crippen LogP contribution is 2.18. The van der Waals surface area contributed by atoms with Crippen LogP contribution in [0, 0.1) is 11.3 Å². The Hall–Kier alpha value is -1.86. The third-order valence-electron chi connectivity index (χ3n) is 1.90. The van der Waals surface area contributed by atoms with E-state index >= 15 is 0 Å². The van der Waals surface area contributed by atoms with Crippen LogP contribution in [0.5, 0.6) is 0 Å². The van der Waals surface area contributed by atoms with Crippen LogP contribution >= 0.6 is 0 Å². The van der Waals surface area contributed by atoms with Crippen molar-refractivity contribution in [3.8, 4) is 6.07 Å². The lowest BCUT2D eigenvalue weighted by Crippen LogP contribution is -2.15. The van der Waals surface area contributed by atoms with Crippen molar-refractivity contribution in [2.75, 3.05) is 6.61 Å². The fourth-order valence-electron chi connectivity index (χ4n) is 1.21. The highest BCUT2D eigenvalue weighted by Gasteiger charge is 2.19. The van der Waals surface area contributed by atoms with Gasteiger partial charge in [0.15, 0.2) is 6.10 Å². The van der Waals surface area contributed by atoms with E-state index in [9.17, 15) is 4.79 Å². The van der Waals surface area contributed by atoms with Crippen LogP contribution in [0.4, 0.5) is 0 Å². The van der Waals surface area contributed by atoms with Gasteiger partial charge in [-0.05, 0) is 24.6 Å². The lowest BCUT2D eigenvalue weighted by atomic mass is 10.1. The molecule has 1 rings (SSSR count). The van der Waals surface area contributed by atoms with Gasteiger partial charge < -0.3 is 9.84 Å². The molecule has 0 unspecified atom stereocenters. The largest absolute Gasteiger partial charge is 0.479 e. The first kappa shape index (κ1) is 11.2. The van der Waals surface area contributed by atoms with E-state index in [1.54, 1.807) is 31.2 Å². The van der Waals surface area contributed by atoms with Crippen LogP contribution in [0.3, 0.4) is 0 Å². The summed E-state index contributed by atoms with van der Waals surface area (Å²) in [6, 6.07) is 8.29. The summed E-state index contributed by atoms with van der Waals surface area (Å²) in [6.07, 6.45) is -0.956. The van der Waals surface area contributed by atoms with Crippen LogP contribution in [-0.4, -0.2) is 17.7 Å². The molecular formula is C11H11NO3. The molecule has 0 heterocycles. The number of ether oxygens (including phenoxy) is 1. The zero-order valence-corrected chi connectivity index (χ0v) is 8.30. The van der Waals surface area contributed by atoms with Gasteiger partial charge in [-0.25, -0.2) is 4.79 Å². The Kier molecular flexibility index (Phi) is 3.83. The Morgan fingerprint density at radius 2 is 2.13 bits per heavy atom. The van der Waals surface area contributed by atoms with Crippen LogP contribution in [0.1, 0.15) is 24.2 Å². The number of hydrogen-bond acceptors (Lipinski definition) is 3. The maximum Gasteiger partial charge on any atom is 0.337 e. The summed E-state index contributed by atoms with van der Waals surface area (Å²) in [7, 11) is 0. The summed E-state index contributed by atoms with van der Waals surface area (Å²) in [5, 5.41) is 17.5. The van der Waals surface area contributed by atoms with Gasteiger partial charge in [-0.1, -0.05) is 12.1 Å². The molecule has 15 heavy (non-hydrogen) atoms. The van der Waals surface area contributed by atoms with E-state index in [0.29, 0.717) is 17.7 Å². The number of benzene rings is 1. The molecule has 0 aliphatic heterocycles. The Morgan fingerprint density at radius 1 is 1.53 bits per heavy atom. The molecular weight excluding hydrogens is 194 g/mol. The summed E-state index contributed by atoms with van der Waals surface area (Å²) >= 11 is 0. The molecule has 0 aromatic heterocycles. The minimum absolute atomic E-state index is 0.330. The number of carboxylic acids is 1. The van der Waals surface area contributed by atoms with Crippen LogP contribution in [0.2, 0.25) is 0 Å². The molecule has 1 aromatic carbocycles. The SMILES string of the molecule is CCO[C@@H](C(=O)O)c1ccc(C#N)cc1. The van der Waals surface area contributed by atoms with Gasteiger partial charge in [0.1, 0.15) is 0 Å². The van der Waals surface area contributed by atoms with Crippen molar-refractivity contribution in [2.45, 2.75) is 13.0 Å². The molecule has 0 aliphatic rings. The number of nitrogens with zero attached hydrogens (tertiary/aromatic N) is 1. The van der Waals surface area contributed by atoms with Gasteiger partial charge in [0.25, 0.3) is 0 Å². The summed E-state index contributed by atoms with van der Waals surface area (Å²) in [5.41, 5.74) is 1.04. The molecule has 4 nitrogen and oxygen atoms in total. The Bertz CT molecular complexity index is 378. The average molecular weight is 205 g/mol. The molecule has 4 heteroatoms. The molecule has 0 spiro atoms. The van der Waals surface area contributed by atoms with E-state index in [2.05, 4.69) is 0 Å². The smallest absolute Gasteiger partial charge is 0.337 e. The molecule has 0 radical (unpaired) electrons. The lowest BCUT2D eigenvalue weighted by Gasteiger charge is -2.12. The number of carboxylic acid groups (broad SMARTS) is 1. The second-order valence-corrected chi connectivity index (χ2v) is 2.91. The first-order valence-electron chi connectivity index (χ1n) is 4.53. The fraction of sp³-hybridized carbons (Fsp3) is 0.273. The maximum absolute atomic E-state index is 10.9. The summed E-state index contributed by atoms with van der Waals surface area (Å²) < 4.78 is 5.08. The van der Waals surface area contributed by atoms with E-state index in [1.165, 1.54) is 0 Å². The second kappa shape index (κ2) is 5.13. The van der Waals surface area contributed by atoms with Crippen molar-refractivity contribution >= 4 is 5.97 Å². The van der Waals surface area contributed by atoms with Crippen LogP contribution in [0.25, 0.3) is 0 Å². The molecule has 0 saturated heterocycles. The van der Waals surface area contributed by atoms with Crippen LogP contribution < -0.4 is 0 Å². The molecule has 1 aromatic rings. The molecule has 1 N–H and O–H groups in total. The van der Waals surface area contributed by atoms with Crippen molar-refractivity contribution < 1.29 is 14.6 Å². The zero-order chi connectivity index (χ0) is 11.3. The van der Waals surface area contributed by atoms with Crippen molar-refractivity contribution in [1.82, 2.24) is 0 Å². The molecule has 78 valence electrons. The van der Waals surface area contributed by atoms with Crippen molar-refractivity contribution in [3.63, 3.8) is 0 Å². The van der Waals surface area contributed by atoms with Crippen LogP contribution in [-0.2, 0) is 9.53 Å². The first-order chi connectivity index (χ1) is 7.19. The van der Waals surface area contributed by atoms with Crippen molar-refractivity contribution in [2.24, 2.45) is 0 Å². The summed E-state index contributed by atoms with van der Waals surface area (Å²) in [4.78, 5) is 10.9. The Morgan fingerprint density at radius 3 is 2.53 bits per heavy atom. The van der Waals surface area contributed by atoms with Gasteiger partial charge >= 0.3 is 5.97 Å². The topological polar surface area (TPSA) is 70.3 Å². The number of rotatable bonds is 4. The highest BCUT2D eigenvalue weighted by molar-refractivity contribution is 5.74. The quantitative estimate of drug-likeness (QED) is 0.812. The second-order valence-electron chi connectivity index (χ2n) is 2.91. The number of hydrogen-bond donors (Lipinski definition) is 1. The van der Waals surface area contributed by atoms with Crippen molar-refractivity contribution in [1.29, 1.82) is 5.26 Å². The standard InChI is InChI=1S/C11H11NO3/c1-2-15-10(11(13)14)9-5-3-8(7-12)4-6-9/h3-6,10H,2H2,1H3,(H,13,14)/t10-/m1/s1. The normalized spacial score (nSPS) is 11.7. The fourth-order valence-corrected chi connectivity index (χ4v) is 1.21. The van der Waals surface area contributed by atoms with E-state index < -0.39 is 12.1 Å². The minimum atomic E-state index is -1.03. The minimum Gasteiger partial charge on any atom is -0.479 e. The molecule has 0 aliphatic carbocycles. The van der Waals surface area contributed by atoms with Gasteiger partial charge in [0.05, 0.1) is 11.6 Å². The molecule has 0 fully saturated rings. The van der Waals surface area contributed by atoms with E-state index in [-0.39, 0.29) is 0 Å². The van der Waals surface area contributed by atoms with Gasteiger partial charge in [-0.3, -0.25) is 0 Å². The third kappa shape index (κ3) is 2.79. The maximum atomic E-state index is 10.9. The molecule has 0 bridgehead atoms. The number of carbonyl (C=O) groups is 1. The Balaban J connectivity index is 2.92. The van der Waals surface area contributed by atoms with Gasteiger partial charge in [-0.2, -0.15) is 5.26 Å². The molecule has 0 amide bonds. The third-order valence-corrected chi connectivity index (χ3v) is 1.90. The predicted molar refractivity (Wildman–Crippen MR) is 53.2 cm³/mol. The van der Waals surface area contributed by atoms with E-state index in [1.807, 2.05) is 6.07 Å². The van der Waals surface area contributed by atoms with Gasteiger partial charge in [0.2, 0.25) is 0 Å². The predicted octanol–water partition coefficient (Wildman–Crippen LogP) is 1.72. The van der Waals surface area contributed by atoms with Gasteiger partial charge in [0, 0.05) is 6.61 Å². The van der Waals surface area contributed by atoms with E-state index in [4.69, 9.17) is 15.1 Å². The first-order valence-corrected chi connectivity index (χ1v) is 4.53. The lowest BCUT2D eigenvalue weighted by molar-refractivity contribution is -0.150. The summed E-state index contributed by atoms with van der Waals surface area (Å²) in [6.45, 7) is 2.07. The highest BCUT2D eigenvalue weighted by atomic mass is 16.5. The number of nitriles is 1. The zero-order valence-electron chi connectivity index (χ0n) is 8.30. The average Bonchev–Trinajstić information content (AvgIpc) is 2.26. The van der Waals surface area contributed by atoms with Crippen molar-refractivity contribution in [3.05, 3.63) is 35.4 Å². The molecule has 1 atom stereocenters. The van der Waals surface area contributed by atoms with Gasteiger partial charge in [-0.15, -0.1) is 0 Å². The Labute approximate surface area is 87.7 Å². The van der Waals surface area contributed by atoms with E-state index in [0.717, 1.165) is 0 Å².